The molecule has 1 atom stereocenters. The van der Waals surface area contributed by atoms with Crippen LogP contribution >= 0.6 is 0 Å². The van der Waals surface area contributed by atoms with E-state index in [9.17, 15) is 10.1 Å². The van der Waals surface area contributed by atoms with Gasteiger partial charge in [0.1, 0.15) is 5.69 Å². The lowest BCUT2D eigenvalue weighted by atomic mass is 10.2. The molecule has 1 heterocycles. The molecule has 1 aromatic heterocycles. The molecule has 1 rings (SSSR count). The summed E-state index contributed by atoms with van der Waals surface area (Å²) in [6.45, 7) is 4.11. The van der Waals surface area contributed by atoms with E-state index in [0.29, 0.717) is 24.5 Å². The van der Waals surface area contributed by atoms with Crippen molar-refractivity contribution in [1.82, 2.24) is 9.78 Å². The number of aromatic nitrogens is 2. The van der Waals surface area contributed by atoms with Crippen LogP contribution < -0.4 is 11.1 Å². The average molecular weight is 227 g/mol. The molecule has 0 saturated carbocycles. The first kappa shape index (κ1) is 12.4. The number of nitrogens with zero attached hydrogens (tertiary/aromatic N) is 3. The van der Waals surface area contributed by atoms with Crippen molar-refractivity contribution in [2.75, 3.05) is 11.9 Å². The topological polar surface area (TPSA) is 99.0 Å². The molecule has 0 fully saturated rings. The van der Waals surface area contributed by atoms with Crippen molar-refractivity contribution in [3.63, 3.8) is 0 Å². The summed E-state index contributed by atoms with van der Waals surface area (Å²) in [5.41, 5.74) is 6.01. The van der Waals surface area contributed by atoms with Crippen LogP contribution in [0, 0.1) is 10.1 Å². The number of nitro groups is 1. The van der Waals surface area contributed by atoms with Crippen LogP contribution in [0.2, 0.25) is 0 Å². The zero-order valence-electron chi connectivity index (χ0n) is 9.73. The summed E-state index contributed by atoms with van der Waals surface area (Å²) in [4.78, 5) is 10.6. The minimum Gasteiger partial charge on any atom is -0.361 e. The predicted molar refractivity (Wildman–Crippen MR) is 61.4 cm³/mol. The van der Waals surface area contributed by atoms with Crippen molar-refractivity contribution in [1.29, 1.82) is 0 Å². The van der Waals surface area contributed by atoms with Crippen molar-refractivity contribution in [2.24, 2.45) is 12.8 Å². The second kappa shape index (κ2) is 4.93. The van der Waals surface area contributed by atoms with Crippen LogP contribution in [0.3, 0.4) is 0 Å². The molecule has 16 heavy (non-hydrogen) atoms. The average Bonchev–Trinajstić information content (AvgIpc) is 2.55. The van der Waals surface area contributed by atoms with E-state index in [4.69, 9.17) is 5.73 Å². The maximum atomic E-state index is 11.0. The molecule has 0 aromatic carbocycles. The van der Waals surface area contributed by atoms with Crippen LogP contribution in [0.15, 0.2) is 0 Å². The third kappa shape index (κ3) is 2.30. The lowest BCUT2D eigenvalue weighted by Crippen LogP contribution is -2.26. The van der Waals surface area contributed by atoms with Gasteiger partial charge < -0.3 is 11.1 Å². The Morgan fingerprint density at radius 1 is 1.69 bits per heavy atom. The molecular weight excluding hydrogens is 210 g/mol. The summed E-state index contributed by atoms with van der Waals surface area (Å²) in [6, 6.07) is -0.0289. The highest BCUT2D eigenvalue weighted by Crippen LogP contribution is 2.28. The molecule has 7 heteroatoms. The Morgan fingerprint density at radius 3 is 2.75 bits per heavy atom. The molecule has 0 radical (unpaired) electrons. The second-order valence-corrected chi connectivity index (χ2v) is 3.66. The first-order chi connectivity index (χ1) is 7.51. The first-order valence-corrected chi connectivity index (χ1v) is 5.18. The SMILES string of the molecule is CCc1nn(C)c(NC(C)CN)c1[N+](=O)[O-]. The first-order valence-electron chi connectivity index (χ1n) is 5.18. The van der Waals surface area contributed by atoms with E-state index in [1.54, 1.807) is 7.05 Å². The van der Waals surface area contributed by atoms with Crippen LogP contribution in [0.1, 0.15) is 19.5 Å². The summed E-state index contributed by atoms with van der Waals surface area (Å²) in [7, 11) is 1.68. The van der Waals surface area contributed by atoms with Crippen molar-refractivity contribution in [3.05, 3.63) is 15.8 Å². The van der Waals surface area contributed by atoms with Crippen molar-refractivity contribution >= 4 is 11.5 Å². The number of hydrogen-bond acceptors (Lipinski definition) is 5. The molecule has 1 unspecified atom stereocenters. The van der Waals surface area contributed by atoms with Gasteiger partial charge in [-0.15, -0.1) is 0 Å². The Morgan fingerprint density at radius 2 is 2.31 bits per heavy atom. The minimum atomic E-state index is -0.405. The van der Waals surface area contributed by atoms with Gasteiger partial charge in [0.25, 0.3) is 0 Å². The monoisotopic (exact) mass is 227 g/mol. The molecule has 0 bridgehead atoms. The van der Waals surface area contributed by atoms with E-state index in [1.807, 2.05) is 13.8 Å². The molecule has 0 aliphatic rings. The Bertz CT molecular complexity index is 387. The normalized spacial score (nSPS) is 12.5. The Labute approximate surface area is 93.8 Å². The Hall–Kier alpha value is -1.63. The summed E-state index contributed by atoms with van der Waals surface area (Å²) in [5.74, 6) is 0.416. The van der Waals surface area contributed by atoms with E-state index in [2.05, 4.69) is 10.4 Å². The van der Waals surface area contributed by atoms with Gasteiger partial charge in [-0.25, -0.2) is 4.68 Å². The molecule has 0 saturated heterocycles. The number of hydrogen-bond donors (Lipinski definition) is 2. The Balaban J connectivity index is 3.15. The summed E-state index contributed by atoms with van der Waals surface area (Å²) in [6.07, 6.45) is 0.531. The number of rotatable bonds is 5. The van der Waals surface area contributed by atoms with Crippen LogP contribution in [0.25, 0.3) is 0 Å². The molecule has 0 spiro atoms. The number of aryl methyl sites for hydroxylation is 2. The van der Waals surface area contributed by atoms with Crippen LogP contribution in [0.4, 0.5) is 11.5 Å². The van der Waals surface area contributed by atoms with Crippen molar-refractivity contribution in [2.45, 2.75) is 26.3 Å². The highest BCUT2D eigenvalue weighted by Gasteiger charge is 2.26. The van der Waals surface area contributed by atoms with E-state index < -0.39 is 4.92 Å². The molecule has 90 valence electrons. The third-order valence-corrected chi connectivity index (χ3v) is 2.35. The largest absolute Gasteiger partial charge is 0.361 e. The van der Waals surface area contributed by atoms with Gasteiger partial charge in [0.2, 0.25) is 5.82 Å². The van der Waals surface area contributed by atoms with E-state index >= 15 is 0 Å². The molecule has 3 N–H and O–H groups in total. The lowest BCUT2D eigenvalue weighted by Gasteiger charge is -2.11. The fourth-order valence-corrected chi connectivity index (χ4v) is 1.45. The summed E-state index contributed by atoms with van der Waals surface area (Å²) < 4.78 is 1.49. The lowest BCUT2D eigenvalue weighted by molar-refractivity contribution is -0.384. The van der Waals surface area contributed by atoms with Crippen molar-refractivity contribution < 1.29 is 4.92 Å². The smallest absolute Gasteiger partial charge is 0.333 e. The molecule has 0 aliphatic carbocycles. The maximum Gasteiger partial charge on any atom is 0.333 e. The van der Waals surface area contributed by atoms with Gasteiger partial charge in [-0.3, -0.25) is 10.1 Å². The van der Waals surface area contributed by atoms with E-state index in [-0.39, 0.29) is 11.7 Å². The predicted octanol–water partition coefficient (Wildman–Crippen LogP) is 0.650. The van der Waals surface area contributed by atoms with Crippen LogP contribution in [-0.4, -0.2) is 27.3 Å². The van der Waals surface area contributed by atoms with E-state index in [1.165, 1.54) is 4.68 Å². The second-order valence-electron chi connectivity index (χ2n) is 3.66. The minimum absolute atomic E-state index is 0.0289. The highest BCUT2D eigenvalue weighted by molar-refractivity contribution is 5.60. The van der Waals surface area contributed by atoms with Gasteiger partial charge >= 0.3 is 5.69 Å². The fraction of sp³-hybridized carbons (Fsp3) is 0.667. The third-order valence-electron chi connectivity index (χ3n) is 2.35. The van der Waals surface area contributed by atoms with Gasteiger partial charge in [-0.2, -0.15) is 5.10 Å². The number of nitrogens with one attached hydrogen (secondary N) is 1. The van der Waals surface area contributed by atoms with E-state index in [0.717, 1.165) is 0 Å². The fourth-order valence-electron chi connectivity index (χ4n) is 1.45. The molecule has 7 nitrogen and oxygen atoms in total. The quantitative estimate of drug-likeness (QED) is 0.568. The van der Waals surface area contributed by atoms with Gasteiger partial charge in [-0.05, 0) is 13.3 Å². The molecule has 0 amide bonds. The highest BCUT2D eigenvalue weighted by atomic mass is 16.6. The Kier molecular flexibility index (Phi) is 3.83. The molecular formula is C9H17N5O2. The molecule has 1 aromatic rings. The van der Waals surface area contributed by atoms with Gasteiger partial charge in [0.05, 0.1) is 4.92 Å². The van der Waals surface area contributed by atoms with Gasteiger partial charge in [0, 0.05) is 19.6 Å². The maximum absolute atomic E-state index is 11.0. The number of anilines is 1. The van der Waals surface area contributed by atoms with Gasteiger partial charge in [0.15, 0.2) is 0 Å². The van der Waals surface area contributed by atoms with Gasteiger partial charge in [-0.1, -0.05) is 6.92 Å². The van der Waals surface area contributed by atoms with Crippen LogP contribution in [-0.2, 0) is 13.5 Å². The standard InChI is InChI=1S/C9H17N5O2/c1-4-7-8(14(15)16)9(13(3)12-7)11-6(2)5-10/h6,11H,4-5,10H2,1-3H3. The molecule has 0 aliphatic heterocycles. The summed E-state index contributed by atoms with van der Waals surface area (Å²) in [5, 5.41) is 18.1. The van der Waals surface area contributed by atoms with Crippen LogP contribution in [0.5, 0.6) is 0 Å². The number of nitrogens with two attached hydrogens (primary N) is 1. The summed E-state index contributed by atoms with van der Waals surface area (Å²) >= 11 is 0. The van der Waals surface area contributed by atoms with Crippen molar-refractivity contribution in [3.8, 4) is 0 Å². The zero-order valence-corrected chi connectivity index (χ0v) is 9.73. The zero-order chi connectivity index (χ0) is 12.3.